The molecule has 1 aromatic rings. The molecule has 0 aromatic heterocycles. The summed E-state index contributed by atoms with van der Waals surface area (Å²) in [4.78, 5) is 10.5. The van der Waals surface area contributed by atoms with Crippen LogP contribution in [-0.2, 0) is 11.2 Å². The second-order valence-corrected chi connectivity index (χ2v) is 3.15. The highest BCUT2D eigenvalue weighted by molar-refractivity contribution is 6.32. The molecule has 0 saturated heterocycles. The zero-order valence-corrected chi connectivity index (χ0v) is 8.01. The van der Waals surface area contributed by atoms with Gasteiger partial charge >= 0.3 is 5.97 Å². The summed E-state index contributed by atoms with van der Waals surface area (Å²) in [6, 6.07) is 3.08. The summed E-state index contributed by atoms with van der Waals surface area (Å²) in [7, 11) is 0. The molecule has 0 radical (unpaired) electrons. The van der Waals surface area contributed by atoms with E-state index in [2.05, 4.69) is 0 Å². The molecule has 0 aliphatic carbocycles. The molecule has 0 fully saturated rings. The molecule has 0 bridgehead atoms. The van der Waals surface area contributed by atoms with Gasteiger partial charge in [0, 0.05) is 22.5 Å². The van der Waals surface area contributed by atoms with Crippen LogP contribution in [0.2, 0.25) is 5.02 Å². The minimum absolute atomic E-state index is 0.228. The van der Waals surface area contributed by atoms with Crippen LogP contribution in [0.15, 0.2) is 12.1 Å². The molecule has 4 nitrogen and oxygen atoms in total. The van der Waals surface area contributed by atoms with Crippen molar-refractivity contribution < 1.29 is 9.90 Å². The number of nitrogen functional groups attached to an aromatic ring is 1. The number of carbonyl (C=O) groups is 1. The third kappa shape index (κ3) is 2.03. The number of nitrogens with one attached hydrogen (secondary N) is 1. The standard InChI is InChI=1S/C9H9ClN2O2/c10-7-1-2-8(12)6(4-11)5(7)3-9(13)14/h1-2,4,11H,3,12H2,(H,13,14). The number of rotatable bonds is 3. The Balaban J connectivity index is 3.29. The molecular weight excluding hydrogens is 204 g/mol. The fraction of sp³-hybridized carbons (Fsp3) is 0.111. The van der Waals surface area contributed by atoms with Gasteiger partial charge in [-0.1, -0.05) is 11.6 Å². The molecule has 0 amide bonds. The predicted octanol–water partition coefficient (Wildman–Crippen LogP) is 1.55. The van der Waals surface area contributed by atoms with E-state index in [1.165, 1.54) is 6.07 Å². The van der Waals surface area contributed by atoms with Crippen molar-refractivity contribution in [1.82, 2.24) is 0 Å². The molecule has 0 saturated carbocycles. The highest BCUT2D eigenvalue weighted by Crippen LogP contribution is 2.24. The molecule has 74 valence electrons. The number of halogens is 1. The van der Waals surface area contributed by atoms with Gasteiger partial charge in [-0.05, 0) is 17.7 Å². The van der Waals surface area contributed by atoms with Crippen molar-refractivity contribution in [3.05, 3.63) is 28.3 Å². The van der Waals surface area contributed by atoms with Crippen molar-refractivity contribution in [3.8, 4) is 0 Å². The van der Waals surface area contributed by atoms with Gasteiger partial charge in [0.05, 0.1) is 6.42 Å². The Morgan fingerprint density at radius 1 is 1.64 bits per heavy atom. The van der Waals surface area contributed by atoms with E-state index in [4.69, 9.17) is 27.9 Å². The molecule has 1 rings (SSSR count). The summed E-state index contributed by atoms with van der Waals surface area (Å²) < 4.78 is 0. The van der Waals surface area contributed by atoms with E-state index in [0.29, 0.717) is 21.8 Å². The molecular formula is C9H9ClN2O2. The van der Waals surface area contributed by atoms with Crippen LogP contribution in [0.5, 0.6) is 0 Å². The van der Waals surface area contributed by atoms with E-state index >= 15 is 0 Å². The van der Waals surface area contributed by atoms with Gasteiger partial charge in [0.2, 0.25) is 0 Å². The summed E-state index contributed by atoms with van der Waals surface area (Å²) in [5.74, 6) is -0.999. The van der Waals surface area contributed by atoms with Gasteiger partial charge in [0.1, 0.15) is 0 Å². The largest absolute Gasteiger partial charge is 0.481 e. The predicted molar refractivity (Wildman–Crippen MR) is 55.1 cm³/mol. The minimum Gasteiger partial charge on any atom is -0.481 e. The molecule has 4 N–H and O–H groups in total. The first-order valence-corrected chi connectivity index (χ1v) is 4.23. The van der Waals surface area contributed by atoms with Crippen molar-refractivity contribution in [2.45, 2.75) is 6.42 Å². The molecule has 0 heterocycles. The third-order valence-electron chi connectivity index (χ3n) is 1.81. The van der Waals surface area contributed by atoms with Crippen LogP contribution in [0.3, 0.4) is 0 Å². The van der Waals surface area contributed by atoms with Gasteiger partial charge < -0.3 is 16.2 Å². The van der Waals surface area contributed by atoms with Crippen LogP contribution in [0.25, 0.3) is 0 Å². The third-order valence-corrected chi connectivity index (χ3v) is 2.16. The zero-order chi connectivity index (χ0) is 10.7. The zero-order valence-electron chi connectivity index (χ0n) is 7.25. The lowest BCUT2D eigenvalue weighted by molar-refractivity contribution is -0.136. The Morgan fingerprint density at radius 3 is 2.79 bits per heavy atom. The summed E-state index contributed by atoms with van der Waals surface area (Å²) in [5.41, 5.74) is 6.69. The maximum atomic E-state index is 10.5. The molecule has 0 aliphatic heterocycles. The first kappa shape index (κ1) is 10.5. The molecule has 5 heteroatoms. The molecule has 14 heavy (non-hydrogen) atoms. The molecule has 0 unspecified atom stereocenters. The van der Waals surface area contributed by atoms with E-state index in [1.54, 1.807) is 6.07 Å². The average molecular weight is 213 g/mol. The highest BCUT2D eigenvalue weighted by atomic mass is 35.5. The maximum absolute atomic E-state index is 10.5. The second-order valence-electron chi connectivity index (χ2n) is 2.74. The van der Waals surface area contributed by atoms with Crippen LogP contribution in [0.4, 0.5) is 5.69 Å². The van der Waals surface area contributed by atoms with Gasteiger partial charge in [0.25, 0.3) is 0 Å². The van der Waals surface area contributed by atoms with E-state index in [1.807, 2.05) is 0 Å². The first-order chi connectivity index (χ1) is 6.56. The summed E-state index contributed by atoms with van der Waals surface area (Å²) in [6.07, 6.45) is 0.786. The molecule has 0 aliphatic rings. The highest BCUT2D eigenvalue weighted by Gasteiger charge is 2.11. The molecule has 0 atom stereocenters. The smallest absolute Gasteiger partial charge is 0.307 e. The van der Waals surface area contributed by atoms with Crippen LogP contribution in [-0.4, -0.2) is 17.3 Å². The number of anilines is 1. The topological polar surface area (TPSA) is 87.2 Å². The summed E-state index contributed by atoms with van der Waals surface area (Å²) in [5, 5.41) is 16.1. The quantitative estimate of drug-likeness (QED) is 0.525. The summed E-state index contributed by atoms with van der Waals surface area (Å²) >= 11 is 5.80. The van der Waals surface area contributed by atoms with Gasteiger partial charge in [0.15, 0.2) is 0 Å². The van der Waals surface area contributed by atoms with Gasteiger partial charge in [-0.15, -0.1) is 0 Å². The van der Waals surface area contributed by atoms with Crippen LogP contribution >= 0.6 is 11.6 Å². The maximum Gasteiger partial charge on any atom is 0.307 e. The average Bonchev–Trinajstić information content (AvgIpc) is 2.11. The monoisotopic (exact) mass is 212 g/mol. The van der Waals surface area contributed by atoms with E-state index < -0.39 is 5.97 Å². The van der Waals surface area contributed by atoms with Crippen molar-refractivity contribution in [2.75, 3.05) is 5.73 Å². The van der Waals surface area contributed by atoms with Gasteiger partial charge in [-0.25, -0.2) is 0 Å². The number of nitrogens with two attached hydrogens (primary N) is 1. The Morgan fingerprint density at radius 2 is 2.29 bits per heavy atom. The van der Waals surface area contributed by atoms with Crippen LogP contribution in [0.1, 0.15) is 11.1 Å². The van der Waals surface area contributed by atoms with Crippen LogP contribution < -0.4 is 5.73 Å². The van der Waals surface area contributed by atoms with Crippen molar-refractivity contribution in [1.29, 1.82) is 5.41 Å². The number of benzene rings is 1. The van der Waals surface area contributed by atoms with E-state index in [0.717, 1.165) is 6.21 Å². The lowest BCUT2D eigenvalue weighted by atomic mass is 10.0. The number of aliphatic carboxylic acids is 1. The lowest BCUT2D eigenvalue weighted by Crippen LogP contribution is -2.06. The lowest BCUT2D eigenvalue weighted by Gasteiger charge is -2.08. The van der Waals surface area contributed by atoms with Crippen molar-refractivity contribution >= 4 is 29.5 Å². The van der Waals surface area contributed by atoms with Gasteiger partial charge in [-0.3, -0.25) is 4.79 Å². The number of hydrogen-bond acceptors (Lipinski definition) is 3. The summed E-state index contributed by atoms with van der Waals surface area (Å²) in [6.45, 7) is 0. The molecule has 0 spiro atoms. The Kier molecular flexibility index (Phi) is 3.09. The Labute approximate surface area is 85.8 Å². The number of carboxylic acids is 1. The SMILES string of the molecule is N=Cc1c(N)ccc(Cl)c1CC(=O)O. The Bertz CT molecular complexity index is 391. The second kappa shape index (κ2) is 4.11. The first-order valence-electron chi connectivity index (χ1n) is 3.85. The van der Waals surface area contributed by atoms with E-state index in [-0.39, 0.29) is 6.42 Å². The Hall–Kier alpha value is -1.55. The number of hydrogen-bond donors (Lipinski definition) is 3. The van der Waals surface area contributed by atoms with Gasteiger partial charge in [-0.2, -0.15) is 0 Å². The fourth-order valence-corrected chi connectivity index (χ4v) is 1.39. The number of carboxylic acid groups (broad SMARTS) is 1. The normalized spacial score (nSPS) is 9.79. The van der Waals surface area contributed by atoms with Crippen LogP contribution in [0, 0.1) is 5.41 Å². The van der Waals surface area contributed by atoms with Crippen molar-refractivity contribution in [2.24, 2.45) is 0 Å². The van der Waals surface area contributed by atoms with E-state index in [9.17, 15) is 4.79 Å². The molecule has 1 aromatic carbocycles. The minimum atomic E-state index is -0.999. The fourth-order valence-electron chi connectivity index (χ4n) is 1.16. The van der Waals surface area contributed by atoms with Crippen molar-refractivity contribution in [3.63, 3.8) is 0 Å².